The van der Waals surface area contributed by atoms with Gasteiger partial charge in [-0.3, -0.25) is 4.79 Å². The Morgan fingerprint density at radius 1 is 1.29 bits per heavy atom. The molecule has 0 aromatic heterocycles. The zero-order valence-corrected chi connectivity index (χ0v) is 10.9. The molecular formula is C15H24O2. The summed E-state index contributed by atoms with van der Waals surface area (Å²) in [6.07, 6.45) is 10.5. The first-order valence-corrected chi connectivity index (χ1v) is 7.45. The molecule has 3 aliphatic carbocycles. The molecule has 2 nitrogen and oxygen atoms in total. The molecule has 17 heavy (non-hydrogen) atoms. The van der Waals surface area contributed by atoms with Gasteiger partial charge in [0.25, 0.3) is 0 Å². The molecule has 0 saturated heterocycles. The van der Waals surface area contributed by atoms with Crippen molar-refractivity contribution in [3.05, 3.63) is 0 Å². The van der Waals surface area contributed by atoms with Crippen LogP contribution in [0.1, 0.15) is 64.7 Å². The Labute approximate surface area is 104 Å². The van der Waals surface area contributed by atoms with E-state index in [9.17, 15) is 4.79 Å². The monoisotopic (exact) mass is 236 g/mol. The normalized spacial score (nSPS) is 43.5. The summed E-state index contributed by atoms with van der Waals surface area (Å²) >= 11 is 0. The summed E-state index contributed by atoms with van der Waals surface area (Å²) in [5.41, 5.74) is -0.0395. The molecule has 0 N–H and O–H groups in total. The predicted molar refractivity (Wildman–Crippen MR) is 66.5 cm³/mol. The fourth-order valence-corrected chi connectivity index (χ4v) is 4.66. The second-order valence-electron chi connectivity index (χ2n) is 6.42. The minimum atomic E-state index is -0.0395. The maximum Gasteiger partial charge on any atom is 0.306 e. The Morgan fingerprint density at radius 2 is 2.18 bits per heavy atom. The van der Waals surface area contributed by atoms with E-state index >= 15 is 0 Å². The second kappa shape index (κ2) is 4.29. The summed E-state index contributed by atoms with van der Waals surface area (Å²) in [5.74, 6) is 2.55. The Morgan fingerprint density at radius 3 is 3.00 bits per heavy atom. The van der Waals surface area contributed by atoms with Crippen molar-refractivity contribution in [3.8, 4) is 0 Å². The molecule has 4 atom stereocenters. The fourth-order valence-electron chi connectivity index (χ4n) is 4.66. The van der Waals surface area contributed by atoms with Crippen molar-refractivity contribution >= 4 is 5.97 Å². The first-order chi connectivity index (χ1) is 8.23. The number of esters is 1. The van der Waals surface area contributed by atoms with Crippen LogP contribution in [0.3, 0.4) is 0 Å². The van der Waals surface area contributed by atoms with Crippen LogP contribution in [0.5, 0.6) is 0 Å². The molecule has 0 aliphatic heterocycles. The standard InChI is InChI=1S/C15H24O2/c1-2-4-14(16)17-15-8-3-5-12(10-15)11-6-7-13(15)9-11/h11-13H,2-10H2,1H3/t11-,12-,13+,15+/m0/s1. The topological polar surface area (TPSA) is 26.3 Å². The van der Waals surface area contributed by atoms with Crippen molar-refractivity contribution in [1.82, 2.24) is 0 Å². The summed E-state index contributed by atoms with van der Waals surface area (Å²) in [6.45, 7) is 2.05. The minimum Gasteiger partial charge on any atom is -0.459 e. The third-order valence-corrected chi connectivity index (χ3v) is 5.44. The molecule has 0 radical (unpaired) electrons. The SMILES string of the molecule is CCCC(=O)O[C@]12CCC[C@@H](C1)[C@H]1CC[C@@H]2C1. The average molecular weight is 236 g/mol. The molecule has 3 saturated carbocycles. The summed E-state index contributed by atoms with van der Waals surface area (Å²) in [6, 6.07) is 0. The van der Waals surface area contributed by atoms with Crippen LogP contribution in [0, 0.1) is 17.8 Å². The van der Waals surface area contributed by atoms with Gasteiger partial charge >= 0.3 is 5.97 Å². The lowest BCUT2D eigenvalue weighted by atomic mass is 9.63. The van der Waals surface area contributed by atoms with Crippen molar-refractivity contribution in [2.75, 3.05) is 0 Å². The number of ether oxygens (including phenoxy) is 1. The highest BCUT2D eigenvalue weighted by molar-refractivity contribution is 5.69. The number of rotatable bonds is 3. The van der Waals surface area contributed by atoms with E-state index in [-0.39, 0.29) is 11.6 Å². The van der Waals surface area contributed by atoms with Crippen molar-refractivity contribution < 1.29 is 9.53 Å². The molecular weight excluding hydrogens is 212 g/mol. The fraction of sp³-hybridized carbons (Fsp3) is 0.933. The quantitative estimate of drug-likeness (QED) is 0.699. The third-order valence-electron chi connectivity index (χ3n) is 5.44. The highest BCUT2D eigenvalue weighted by Gasteiger charge is 2.54. The maximum absolute atomic E-state index is 11.9. The van der Waals surface area contributed by atoms with Crippen LogP contribution in [-0.4, -0.2) is 11.6 Å². The summed E-state index contributed by atoms with van der Waals surface area (Å²) in [7, 11) is 0. The zero-order valence-electron chi connectivity index (χ0n) is 10.9. The van der Waals surface area contributed by atoms with Crippen LogP contribution in [0.4, 0.5) is 0 Å². The largest absolute Gasteiger partial charge is 0.459 e. The minimum absolute atomic E-state index is 0.0395. The van der Waals surface area contributed by atoms with Crippen molar-refractivity contribution in [2.45, 2.75) is 70.3 Å². The first kappa shape index (κ1) is 11.6. The summed E-state index contributed by atoms with van der Waals surface area (Å²) in [4.78, 5) is 11.9. The molecule has 3 fully saturated rings. The van der Waals surface area contributed by atoms with E-state index in [0.717, 1.165) is 24.7 Å². The van der Waals surface area contributed by atoms with Crippen molar-refractivity contribution in [3.63, 3.8) is 0 Å². The van der Waals surface area contributed by atoms with E-state index in [1.54, 1.807) is 0 Å². The zero-order chi connectivity index (χ0) is 11.9. The molecule has 2 heteroatoms. The first-order valence-electron chi connectivity index (χ1n) is 7.45. The molecule has 0 unspecified atom stereocenters. The highest BCUT2D eigenvalue weighted by Crippen LogP contribution is 2.57. The molecule has 0 amide bonds. The molecule has 3 aliphatic rings. The predicted octanol–water partition coefficient (Wildman–Crippen LogP) is 3.69. The van der Waals surface area contributed by atoms with Crippen LogP contribution < -0.4 is 0 Å². The van der Waals surface area contributed by atoms with Gasteiger partial charge in [0.05, 0.1) is 0 Å². The van der Waals surface area contributed by atoms with Gasteiger partial charge in [0.15, 0.2) is 0 Å². The smallest absolute Gasteiger partial charge is 0.306 e. The molecule has 0 aromatic rings. The van der Waals surface area contributed by atoms with Crippen molar-refractivity contribution in [1.29, 1.82) is 0 Å². The molecule has 0 heterocycles. The molecule has 0 aromatic carbocycles. The van der Waals surface area contributed by atoms with Gasteiger partial charge in [-0.05, 0) is 69.1 Å². The van der Waals surface area contributed by atoms with Crippen LogP contribution >= 0.6 is 0 Å². The lowest BCUT2D eigenvalue weighted by molar-refractivity contribution is -0.179. The molecule has 96 valence electrons. The van der Waals surface area contributed by atoms with Gasteiger partial charge in [-0.1, -0.05) is 6.92 Å². The van der Waals surface area contributed by atoms with E-state index in [0.29, 0.717) is 12.3 Å². The Bertz CT molecular complexity index is 312. The van der Waals surface area contributed by atoms with Crippen LogP contribution in [-0.2, 0) is 9.53 Å². The lowest BCUT2D eigenvalue weighted by Gasteiger charge is -2.48. The number of carbonyl (C=O) groups excluding carboxylic acids is 1. The van der Waals surface area contributed by atoms with E-state index in [4.69, 9.17) is 4.74 Å². The number of hydrogen-bond acceptors (Lipinski definition) is 2. The van der Waals surface area contributed by atoms with Crippen molar-refractivity contribution in [2.24, 2.45) is 17.8 Å². The van der Waals surface area contributed by atoms with E-state index in [2.05, 4.69) is 6.92 Å². The van der Waals surface area contributed by atoms with E-state index in [1.807, 2.05) is 0 Å². The summed E-state index contributed by atoms with van der Waals surface area (Å²) < 4.78 is 5.98. The number of fused-ring (bicyclic) bond motifs is 6. The van der Waals surface area contributed by atoms with E-state index < -0.39 is 0 Å². The van der Waals surface area contributed by atoms with Gasteiger partial charge in [-0.25, -0.2) is 0 Å². The number of hydrogen-bond donors (Lipinski definition) is 0. The van der Waals surface area contributed by atoms with Crippen LogP contribution in [0.2, 0.25) is 0 Å². The van der Waals surface area contributed by atoms with Gasteiger partial charge in [-0.15, -0.1) is 0 Å². The highest BCUT2D eigenvalue weighted by atomic mass is 16.6. The Kier molecular flexibility index (Phi) is 2.92. The average Bonchev–Trinajstić information content (AvgIpc) is 2.75. The number of carbonyl (C=O) groups is 1. The van der Waals surface area contributed by atoms with Gasteiger partial charge in [-0.2, -0.15) is 0 Å². The van der Waals surface area contributed by atoms with Gasteiger partial charge in [0, 0.05) is 6.42 Å². The van der Waals surface area contributed by atoms with Crippen LogP contribution in [0.15, 0.2) is 0 Å². The van der Waals surface area contributed by atoms with Gasteiger partial charge in [0.2, 0.25) is 0 Å². The van der Waals surface area contributed by atoms with Gasteiger partial charge in [0.1, 0.15) is 5.60 Å². The van der Waals surface area contributed by atoms with E-state index in [1.165, 1.54) is 38.5 Å². The van der Waals surface area contributed by atoms with Crippen LogP contribution in [0.25, 0.3) is 0 Å². The molecule has 0 spiro atoms. The molecule has 4 bridgehead atoms. The second-order valence-corrected chi connectivity index (χ2v) is 6.42. The summed E-state index contributed by atoms with van der Waals surface area (Å²) in [5, 5.41) is 0. The lowest BCUT2D eigenvalue weighted by Crippen LogP contribution is -2.49. The third kappa shape index (κ3) is 1.90. The Hall–Kier alpha value is -0.530. The maximum atomic E-state index is 11.9. The molecule has 3 rings (SSSR count). The van der Waals surface area contributed by atoms with Gasteiger partial charge < -0.3 is 4.74 Å². The Balaban J connectivity index is 1.77.